The summed E-state index contributed by atoms with van der Waals surface area (Å²) in [6, 6.07) is 7.97. The number of amides is 1. The number of nitrogens with one attached hydrogen (secondary N) is 2. The Hall–Kier alpha value is -2.32. The van der Waals surface area contributed by atoms with Crippen molar-refractivity contribution in [2.24, 2.45) is 4.99 Å². The van der Waals surface area contributed by atoms with E-state index in [0.717, 1.165) is 25.3 Å². The van der Waals surface area contributed by atoms with Crippen LogP contribution in [0.3, 0.4) is 0 Å². The van der Waals surface area contributed by atoms with Crippen LogP contribution in [0.5, 0.6) is 0 Å². The van der Waals surface area contributed by atoms with Crippen molar-refractivity contribution in [3.8, 4) is 0 Å². The molecule has 0 spiro atoms. The number of hydrogen-bond acceptors (Lipinski definition) is 5. The fourth-order valence-electron chi connectivity index (χ4n) is 2.90. The van der Waals surface area contributed by atoms with Gasteiger partial charge in [0.1, 0.15) is 12.4 Å². The Balaban J connectivity index is 1.62. The molecule has 0 bridgehead atoms. The van der Waals surface area contributed by atoms with Gasteiger partial charge in [-0.2, -0.15) is 0 Å². The van der Waals surface area contributed by atoms with Gasteiger partial charge in [0.15, 0.2) is 5.96 Å². The molecule has 1 atom stereocenters. The highest BCUT2D eigenvalue weighted by molar-refractivity contribution is 7.09. The van der Waals surface area contributed by atoms with Crippen LogP contribution in [0.2, 0.25) is 5.02 Å². The Bertz CT molecular complexity index is 811. The molecule has 1 aliphatic heterocycles. The molecule has 1 amide bonds. The molecule has 2 aromatic rings. The van der Waals surface area contributed by atoms with Gasteiger partial charge in [-0.15, -0.1) is 11.3 Å². The number of halogens is 1. The Morgan fingerprint density at radius 2 is 2.29 bits per heavy atom. The van der Waals surface area contributed by atoms with Crippen LogP contribution in [-0.2, 0) is 11.3 Å². The van der Waals surface area contributed by atoms with Crippen molar-refractivity contribution < 1.29 is 4.79 Å². The lowest BCUT2D eigenvalue weighted by atomic mass is 10.3. The van der Waals surface area contributed by atoms with E-state index in [4.69, 9.17) is 11.6 Å². The fourth-order valence-corrected chi connectivity index (χ4v) is 3.78. The molecule has 1 aliphatic rings. The molecule has 0 saturated carbocycles. The summed E-state index contributed by atoms with van der Waals surface area (Å²) in [5.41, 5.74) is 0. The highest BCUT2D eigenvalue weighted by Crippen LogP contribution is 2.25. The smallest absolute Gasteiger partial charge is 0.243 e. The average molecular weight is 421 g/mol. The summed E-state index contributed by atoms with van der Waals surface area (Å²) in [5, 5.41) is 9.48. The van der Waals surface area contributed by atoms with E-state index in [1.807, 2.05) is 23.6 Å². The second-order valence-electron chi connectivity index (χ2n) is 6.77. The number of aromatic nitrogens is 1. The van der Waals surface area contributed by atoms with Gasteiger partial charge in [-0.25, -0.2) is 9.98 Å². The highest BCUT2D eigenvalue weighted by Gasteiger charge is 2.25. The van der Waals surface area contributed by atoms with E-state index in [0.29, 0.717) is 17.5 Å². The summed E-state index contributed by atoms with van der Waals surface area (Å²) >= 11 is 7.96. The van der Waals surface area contributed by atoms with E-state index in [1.165, 1.54) is 4.88 Å². The van der Waals surface area contributed by atoms with Crippen LogP contribution in [0.1, 0.15) is 11.3 Å². The van der Waals surface area contributed by atoms with Crippen molar-refractivity contribution >= 4 is 40.6 Å². The molecule has 1 unspecified atom stereocenters. The minimum atomic E-state index is -0.0365. The van der Waals surface area contributed by atoms with Gasteiger partial charge >= 0.3 is 0 Å². The maximum Gasteiger partial charge on any atom is 0.243 e. The number of hydrogen-bond donors (Lipinski definition) is 2. The third-order valence-electron chi connectivity index (χ3n) is 4.45. The zero-order chi connectivity index (χ0) is 19.9. The number of thiophene rings is 1. The number of carbonyl (C=O) groups is 1. The van der Waals surface area contributed by atoms with Crippen LogP contribution in [0.15, 0.2) is 40.8 Å². The Morgan fingerprint density at radius 1 is 1.43 bits per heavy atom. The number of guanidine groups is 1. The number of aliphatic imine (C=N–C) groups is 1. The van der Waals surface area contributed by atoms with Crippen LogP contribution in [0, 0.1) is 0 Å². The Labute approximate surface area is 174 Å². The summed E-state index contributed by atoms with van der Waals surface area (Å²) < 4.78 is 0. The van der Waals surface area contributed by atoms with Crippen LogP contribution < -0.4 is 15.5 Å². The van der Waals surface area contributed by atoms with Crippen LogP contribution >= 0.6 is 22.9 Å². The summed E-state index contributed by atoms with van der Waals surface area (Å²) in [7, 11) is 3.46. The molecular formula is C19H25ClN6OS. The molecule has 1 saturated heterocycles. The lowest BCUT2D eigenvalue weighted by Crippen LogP contribution is -2.45. The molecule has 0 aromatic carbocycles. The van der Waals surface area contributed by atoms with E-state index in [1.54, 1.807) is 36.5 Å². The van der Waals surface area contributed by atoms with Crippen molar-refractivity contribution in [2.75, 3.05) is 38.6 Å². The molecule has 3 rings (SSSR count). The second kappa shape index (κ2) is 9.75. The van der Waals surface area contributed by atoms with Crippen molar-refractivity contribution in [3.05, 3.63) is 45.7 Å². The zero-order valence-corrected chi connectivity index (χ0v) is 17.6. The predicted octanol–water partition coefficient (Wildman–Crippen LogP) is 2.20. The van der Waals surface area contributed by atoms with Crippen molar-refractivity contribution in [3.63, 3.8) is 0 Å². The number of carbonyl (C=O) groups excluding carboxylic acids is 1. The number of likely N-dealkylation sites (N-methyl/N-ethyl adjacent to an activating group) is 1. The SMILES string of the molecule is CN(C)C(=O)CN=C(NCc1cccs1)NC1CCN(c2ncccc2Cl)C1. The van der Waals surface area contributed by atoms with E-state index >= 15 is 0 Å². The molecule has 9 heteroatoms. The second-order valence-corrected chi connectivity index (χ2v) is 8.21. The molecule has 0 radical (unpaired) electrons. The number of anilines is 1. The molecule has 7 nitrogen and oxygen atoms in total. The first-order chi connectivity index (χ1) is 13.5. The van der Waals surface area contributed by atoms with E-state index in [-0.39, 0.29) is 18.5 Å². The Kier molecular flexibility index (Phi) is 7.11. The largest absolute Gasteiger partial charge is 0.353 e. The van der Waals surface area contributed by atoms with E-state index < -0.39 is 0 Å². The minimum Gasteiger partial charge on any atom is -0.353 e. The minimum absolute atomic E-state index is 0.0365. The quantitative estimate of drug-likeness (QED) is 0.553. The third kappa shape index (κ3) is 5.59. The van der Waals surface area contributed by atoms with Crippen LogP contribution in [0.4, 0.5) is 5.82 Å². The maximum absolute atomic E-state index is 11.9. The lowest BCUT2D eigenvalue weighted by molar-refractivity contribution is -0.127. The van der Waals surface area contributed by atoms with Crippen molar-refractivity contribution in [2.45, 2.75) is 19.0 Å². The molecule has 3 heterocycles. The van der Waals surface area contributed by atoms with E-state index in [2.05, 4.69) is 31.6 Å². The molecule has 1 fully saturated rings. The third-order valence-corrected chi connectivity index (χ3v) is 5.62. The van der Waals surface area contributed by atoms with Gasteiger partial charge < -0.3 is 20.4 Å². The highest BCUT2D eigenvalue weighted by atomic mass is 35.5. The first kappa shape index (κ1) is 20.4. The normalized spacial score (nSPS) is 16.9. The number of rotatable bonds is 6. The molecule has 28 heavy (non-hydrogen) atoms. The van der Waals surface area contributed by atoms with Gasteiger partial charge in [0.25, 0.3) is 0 Å². The first-order valence-corrected chi connectivity index (χ1v) is 10.4. The lowest BCUT2D eigenvalue weighted by Gasteiger charge is -2.20. The summed E-state index contributed by atoms with van der Waals surface area (Å²) in [6.07, 6.45) is 2.69. The van der Waals surface area contributed by atoms with Crippen molar-refractivity contribution in [1.29, 1.82) is 0 Å². The number of nitrogens with zero attached hydrogens (tertiary/aromatic N) is 4. The topological polar surface area (TPSA) is 72.9 Å². The van der Waals surface area contributed by atoms with Crippen LogP contribution in [0.25, 0.3) is 0 Å². The van der Waals surface area contributed by atoms with Gasteiger partial charge in [-0.3, -0.25) is 4.79 Å². The molecular weight excluding hydrogens is 396 g/mol. The van der Waals surface area contributed by atoms with Gasteiger partial charge in [-0.05, 0) is 30.0 Å². The van der Waals surface area contributed by atoms with Gasteiger partial charge in [0.05, 0.1) is 11.6 Å². The first-order valence-electron chi connectivity index (χ1n) is 9.16. The summed E-state index contributed by atoms with van der Waals surface area (Å²) in [5.74, 6) is 1.41. The summed E-state index contributed by atoms with van der Waals surface area (Å²) in [6.45, 7) is 2.42. The standard InChI is InChI=1S/C19H25ClN6OS/c1-25(2)17(27)12-23-19(22-11-15-5-4-10-28-15)24-14-7-9-26(13-14)18-16(20)6-3-8-21-18/h3-6,8,10,14H,7,9,11-13H2,1-2H3,(H2,22,23,24). The Morgan fingerprint density at radius 3 is 3.00 bits per heavy atom. The molecule has 2 N–H and O–H groups in total. The zero-order valence-electron chi connectivity index (χ0n) is 16.1. The average Bonchev–Trinajstić information content (AvgIpc) is 3.36. The maximum atomic E-state index is 11.9. The summed E-state index contributed by atoms with van der Waals surface area (Å²) in [4.78, 5) is 25.7. The fraction of sp³-hybridized carbons (Fsp3) is 0.421. The predicted molar refractivity (Wildman–Crippen MR) is 115 cm³/mol. The number of pyridine rings is 1. The van der Waals surface area contributed by atoms with Gasteiger partial charge in [0, 0.05) is 44.3 Å². The van der Waals surface area contributed by atoms with Gasteiger partial charge in [-0.1, -0.05) is 17.7 Å². The molecule has 150 valence electrons. The van der Waals surface area contributed by atoms with Crippen LogP contribution in [-0.4, -0.2) is 61.5 Å². The monoisotopic (exact) mass is 420 g/mol. The molecule has 0 aliphatic carbocycles. The molecule has 2 aromatic heterocycles. The van der Waals surface area contributed by atoms with Gasteiger partial charge in [0.2, 0.25) is 5.91 Å². The van der Waals surface area contributed by atoms with Crippen molar-refractivity contribution in [1.82, 2.24) is 20.5 Å². The van der Waals surface area contributed by atoms with E-state index in [9.17, 15) is 4.79 Å².